The first-order chi connectivity index (χ1) is 10.5. The molecule has 0 saturated carbocycles. The van der Waals surface area contributed by atoms with Crippen LogP contribution in [-0.4, -0.2) is 24.0 Å². The summed E-state index contributed by atoms with van der Waals surface area (Å²) in [5.74, 6) is -2.74. The molecule has 1 unspecified atom stereocenters. The van der Waals surface area contributed by atoms with Gasteiger partial charge in [0.25, 0.3) is 5.91 Å². The van der Waals surface area contributed by atoms with E-state index in [0.717, 1.165) is 5.56 Å². The highest BCUT2D eigenvalue weighted by Crippen LogP contribution is 2.18. The molecule has 22 heavy (non-hydrogen) atoms. The monoisotopic (exact) mass is 301 g/mol. The van der Waals surface area contributed by atoms with Gasteiger partial charge in [-0.25, -0.2) is 4.39 Å². The number of rotatable bonds is 4. The second-order valence-electron chi connectivity index (χ2n) is 5.06. The fourth-order valence-corrected chi connectivity index (χ4v) is 2.33. The topological polar surface area (TPSA) is 76.4 Å². The highest BCUT2D eigenvalue weighted by atomic mass is 19.1. The van der Waals surface area contributed by atoms with Crippen LogP contribution in [0.4, 0.5) is 4.39 Å². The number of hydrogen-bond donors (Lipinski definition) is 1. The van der Waals surface area contributed by atoms with Crippen molar-refractivity contribution >= 4 is 17.5 Å². The summed E-state index contributed by atoms with van der Waals surface area (Å²) in [4.78, 5) is 34.8. The van der Waals surface area contributed by atoms with E-state index >= 15 is 0 Å². The van der Waals surface area contributed by atoms with Gasteiger partial charge in [0.1, 0.15) is 17.5 Å². The lowest BCUT2D eigenvalue weighted by molar-refractivity contribution is -0.136. The third kappa shape index (κ3) is 2.67. The second-order valence-corrected chi connectivity index (χ2v) is 5.06. The molecule has 2 heterocycles. The average molecular weight is 301 g/mol. The summed E-state index contributed by atoms with van der Waals surface area (Å²) in [6.07, 6.45) is 0.406. The Hall–Kier alpha value is -2.76. The highest BCUT2D eigenvalue weighted by Gasteiger charge is 2.39. The number of nitrogens with one attached hydrogen (secondary N) is 1. The maximum Gasteiger partial charge on any atom is 0.288 e. The van der Waals surface area contributed by atoms with Gasteiger partial charge in [0.2, 0.25) is 11.6 Å². The molecule has 1 atom stereocenters. The van der Waals surface area contributed by atoms with E-state index < -0.39 is 23.4 Å². The Bertz CT molecular complexity index is 748. The minimum atomic E-state index is -1.02. The van der Waals surface area contributed by atoms with Gasteiger partial charge in [0.05, 0.1) is 0 Å². The van der Waals surface area contributed by atoms with Crippen LogP contribution in [0.1, 0.15) is 21.9 Å². The van der Waals surface area contributed by atoms with E-state index in [2.05, 4.69) is 5.32 Å². The van der Waals surface area contributed by atoms with Gasteiger partial charge in [0.15, 0.2) is 5.76 Å². The normalized spacial score (nSPS) is 17.6. The number of halogens is 1. The Labute approximate surface area is 125 Å². The Morgan fingerprint density at radius 2 is 1.91 bits per heavy atom. The van der Waals surface area contributed by atoms with E-state index in [0.29, 0.717) is 12.2 Å². The van der Waals surface area contributed by atoms with Crippen LogP contribution in [0.15, 0.2) is 40.8 Å². The van der Waals surface area contributed by atoms with Crippen molar-refractivity contribution in [3.63, 3.8) is 0 Å². The minimum absolute atomic E-state index is 0.00446. The third-order valence-electron chi connectivity index (χ3n) is 3.52. The summed E-state index contributed by atoms with van der Waals surface area (Å²) in [6.45, 7) is 0.00446. The van der Waals surface area contributed by atoms with E-state index in [9.17, 15) is 18.8 Å². The predicted octanol–water partition coefficient (Wildman–Crippen LogP) is 1.51. The number of amides is 1. The lowest BCUT2D eigenvalue weighted by atomic mass is 10.0. The first kappa shape index (κ1) is 14.2. The van der Waals surface area contributed by atoms with E-state index in [1.54, 1.807) is 18.2 Å². The molecule has 1 aromatic heterocycles. The number of hydrogen-bond acceptors (Lipinski definition) is 4. The van der Waals surface area contributed by atoms with Gasteiger partial charge in [0, 0.05) is 13.0 Å². The van der Waals surface area contributed by atoms with Gasteiger partial charge in [-0.3, -0.25) is 14.4 Å². The van der Waals surface area contributed by atoms with Gasteiger partial charge < -0.3 is 9.73 Å². The lowest BCUT2D eigenvalue weighted by Gasteiger charge is -2.02. The summed E-state index contributed by atoms with van der Waals surface area (Å²) in [7, 11) is 0. The minimum Gasteiger partial charge on any atom is -0.458 e. The van der Waals surface area contributed by atoms with Crippen LogP contribution in [0, 0.1) is 11.7 Å². The molecule has 0 bridgehead atoms. The van der Waals surface area contributed by atoms with E-state index in [4.69, 9.17) is 4.42 Å². The number of ketones is 2. The molecule has 1 amide bonds. The number of benzene rings is 1. The van der Waals surface area contributed by atoms with E-state index in [1.165, 1.54) is 18.2 Å². The standard InChI is InChI=1S/C16H12FNO4/c17-10-3-1-9(2-4-10)7-11-5-6-13(22-11)14(19)12-8-18-16(21)15(12)20/h1-6,12H,7-8H2,(H,18,21). The largest absolute Gasteiger partial charge is 0.458 e. The SMILES string of the molecule is O=C1NCC(C(=O)c2ccc(Cc3ccc(F)cc3)o2)C1=O. The summed E-state index contributed by atoms with van der Waals surface area (Å²) < 4.78 is 18.3. The molecule has 1 fully saturated rings. The number of carbonyl (C=O) groups excluding carboxylic acids is 3. The molecule has 6 heteroatoms. The van der Waals surface area contributed by atoms with E-state index in [1.807, 2.05) is 0 Å². The highest BCUT2D eigenvalue weighted by molar-refractivity contribution is 6.43. The second kappa shape index (κ2) is 5.55. The molecule has 0 radical (unpaired) electrons. The molecule has 0 spiro atoms. The third-order valence-corrected chi connectivity index (χ3v) is 3.52. The Kier molecular flexibility index (Phi) is 3.58. The van der Waals surface area contributed by atoms with Crippen LogP contribution in [0.25, 0.3) is 0 Å². The zero-order valence-electron chi connectivity index (χ0n) is 11.5. The molecular formula is C16H12FNO4. The molecule has 1 saturated heterocycles. The van der Waals surface area contributed by atoms with Crippen molar-refractivity contribution in [3.05, 3.63) is 59.3 Å². The summed E-state index contributed by atoms with van der Waals surface area (Å²) in [6, 6.07) is 9.06. The van der Waals surface area contributed by atoms with Crippen molar-refractivity contribution < 1.29 is 23.2 Å². The smallest absolute Gasteiger partial charge is 0.288 e. The molecule has 1 N–H and O–H groups in total. The molecule has 1 aliphatic rings. The zero-order chi connectivity index (χ0) is 15.7. The zero-order valence-corrected chi connectivity index (χ0v) is 11.5. The molecule has 0 aliphatic carbocycles. The van der Waals surface area contributed by atoms with Gasteiger partial charge in [-0.05, 0) is 29.8 Å². The van der Waals surface area contributed by atoms with Crippen molar-refractivity contribution in [3.8, 4) is 0 Å². The Morgan fingerprint density at radius 3 is 2.55 bits per heavy atom. The molecule has 3 rings (SSSR count). The fourth-order valence-electron chi connectivity index (χ4n) is 2.33. The van der Waals surface area contributed by atoms with Crippen molar-refractivity contribution in [2.45, 2.75) is 6.42 Å². The number of Topliss-reactive ketones (excluding diaryl/α,β-unsaturated/α-hetero) is 2. The Balaban J connectivity index is 1.73. The summed E-state index contributed by atoms with van der Waals surface area (Å²) in [5, 5.41) is 2.34. The maximum atomic E-state index is 12.8. The number of furan rings is 1. The van der Waals surface area contributed by atoms with Crippen LogP contribution in [0.3, 0.4) is 0 Å². The van der Waals surface area contributed by atoms with Crippen LogP contribution in [0.5, 0.6) is 0 Å². The molecule has 2 aromatic rings. The van der Waals surface area contributed by atoms with Crippen molar-refractivity contribution in [2.24, 2.45) is 5.92 Å². The van der Waals surface area contributed by atoms with Gasteiger partial charge in [-0.2, -0.15) is 0 Å². The predicted molar refractivity (Wildman–Crippen MR) is 73.8 cm³/mol. The van der Waals surface area contributed by atoms with Crippen molar-refractivity contribution in [1.82, 2.24) is 5.32 Å². The molecule has 112 valence electrons. The van der Waals surface area contributed by atoms with Crippen LogP contribution in [-0.2, 0) is 16.0 Å². The van der Waals surface area contributed by atoms with Gasteiger partial charge in [-0.15, -0.1) is 0 Å². The Morgan fingerprint density at radius 1 is 1.18 bits per heavy atom. The molecule has 1 aromatic carbocycles. The van der Waals surface area contributed by atoms with Gasteiger partial charge in [-0.1, -0.05) is 12.1 Å². The molecule has 5 nitrogen and oxygen atoms in total. The molecular weight excluding hydrogens is 289 g/mol. The fraction of sp³-hybridized carbons (Fsp3) is 0.188. The number of carbonyl (C=O) groups is 3. The van der Waals surface area contributed by atoms with Crippen LogP contribution >= 0.6 is 0 Å². The lowest BCUT2D eigenvalue weighted by Crippen LogP contribution is -2.23. The summed E-state index contributed by atoms with van der Waals surface area (Å²) >= 11 is 0. The van der Waals surface area contributed by atoms with Crippen molar-refractivity contribution in [1.29, 1.82) is 0 Å². The van der Waals surface area contributed by atoms with Crippen molar-refractivity contribution in [2.75, 3.05) is 6.54 Å². The first-order valence-corrected chi connectivity index (χ1v) is 6.74. The average Bonchev–Trinajstić information content (AvgIpc) is 3.09. The summed E-state index contributed by atoms with van der Waals surface area (Å²) in [5.41, 5.74) is 0.837. The van der Waals surface area contributed by atoms with Crippen LogP contribution < -0.4 is 5.32 Å². The van der Waals surface area contributed by atoms with E-state index in [-0.39, 0.29) is 18.1 Å². The van der Waals surface area contributed by atoms with Gasteiger partial charge >= 0.3 is 0 Å². The molecule has 1 aliphatic heterocycles. The quantitative estimate of drug-likeness (QED) is 0.527. The first-order valence-electron chi connectivity index (χ1n) is 6.74. The van der Waals surface area contributed by atoms with Crippen LogP contribution in [0.2, 0.25) is 0 Å². The maximum absolute atomic E-state index is 12.8.